The molecule has 0 saturated heterocycles. The number of pyridine rings is 1. The highest BCUT2D eigenvalue weighted by atomic mass is 16.5. The van der Waals surface area contributed by atoms with Gasteiger partial charge in [0.1, 0.15) is 23.3 Å². The lowest BCUT2D eigenvalue weighted by atomic mass is 10.2. The van der Waals surface area contributed by atoms with Gasteiger partial charge >= 0.3 is 0 Å². The van der Waals surface area contributed by atoms with Gasteiger partial charge in [-0.1, -0.05) is 24.3 Å². The zero-order valence-corrected chi connectivity index (χ0v) is 13.9. The maximum atomic E-state index is 9.00. The van der Waals surface area contributed by atoms with Gasteiger partial charge in [-0.05, 0) is 18.2 Å². The van der Waals surface area contributed by atoms with Gasteiger partial charge in [-0.2, -0.15) is 5.26 Å². The lowest BCUT2D eigenvalue weighted by Crippen LogP contribution is -2.23. The van der Waals surface area contributed by atoms with Crippen molar-refractivity contribution in [2.75, 3.05) is 12.4 Å². The highest BCUT2D eigenvalue weighted by Crippen LogP contribution is 2.17. The second-order valence-corrected chi connectivity index (χ2v) is 4.68. The van der Waals surface area contributed by atoms with Gasteiger partial charge in [0, 0.05) is 12.5 Å². The summed E-state index contributed by atoms with van der Waals surface area (Å²) in [5.74, 6) is 0.637. The molecule has 0 spiro atoms. The zero-order valence-electron chi connectivity index (χ0n) is 13.9. The molecule has 25 heavy (non-hydrogen) atoms. The number of rotatable bonds is 4. The number of aliphatic imine (C=N–C) groups is 1. The summed E-state index contributed by atoms with van der Waals surface area (Å²) in [6.45, 7) is 1.47. The second-order valence-electron chi connectivity index (χ2n) is 4.68. The summed E-state index contributed by atoms with van der Waals surface area (Å²) in [5.41, 5.74) is 7.06. The molecule has 1 aromatic carbocycles. The van der Waals surface area contributed by atoms with E-state index >= 15 is 0 Å². The largest absolute Gasteiger partial charge is 0.496 e. The third kappa shape index (κ3) is 7.47. The topological polar surface area (TPSA) is 134 Å². The van der Waals surface area contributed by atoms with Gasteiger partial charge in [-0.15, -0.1) is 0 Å². The summed E-state index contributed by atoms with van der Waals surface area (Å²) < 4.78 is 5.25. The molecule has 0 radical (unpaired) electrons. The molecule has 0 unspecified atom stereocenters. The van der Waals surface area contributed by atoms with Crippen molar-refractivity contribution in [1.82, 2.24) is 4.98 Å². The predicted molar refractivity (Wildman–Crippen MR) is 94.2 cm³/mol. The standard InChI is InChI=1S/C15H15N5O.C2H4O2/c1-21-13-7-3-2-5-11(13)10-18-15(17)20-14-8-4-6-12(9-16)19-14;1-2(3)4/h2-8H,10H2,1H3,(H3,17,18,19,20);1H3,(H,3,4). The van der Waals surface area contributed by atoms with E-state index in [1.807, 2.05) is 30.3 Å². The number of methoxy groups -OCH3 is 1. The van der Waals surface area contributed by atoms with Crippen LogP contribution >= 0.6 is 0 Å². The smallest absolute Gasteiger partial charge is 0.300 e. The van der Waals surface area contributed by atoms with Crippen molar-refractivity contribution in [2.45, 2.75) is 13.5 Å². The molecular weight excluding hydrogens is 322 g/mol. The SMILES string of the molecule is CC(=O)O.COc1ccccc1CN=C(N)Nc1cccc(C#N)n1. The molecule has 0 aliphatic carbocycles. The summed E-state index contributed by atoms with van der Waals surface area (Å²) in [4.78, 5) is 17.3. The van der Waals surface area contributed by atoms with Crippen molar-refractivity contribution in [3.05, 3.63) is 53.7 Å². The maximum Gasteiger partial charge on any atom is 0.300 e. The number of guanidine groups is 1. The quantitative estimate of drug-likeness (QED) is 0.572. The van der Waals surface area contributed by atoms with E-state index in [2.05, 4.69) is 15.3 Å². The molecule has 2 rings (SSSR count). The first-order chi connectivity index (χ1) is 12.0. The molecule has 0 atom stereocenters. The number of para-hydroxylation sites is 1. The van der Waals surface area contributed by atoms with Crippen LogP contribution in [0.4, 0.5) is 5.82 Å². The zero-order chi connectivity index (χ0) is 18.7. The van der Waals surface area contributed by atoms with Crippen LogP contribution in [0.5, 0.6) is 5.75 Å². The number of nitrogens with zero attached hydrogens (tertiary/aromatic N) is 3. The fraction of sp³-hybridized carbons (Fsp3) is 0.176. The first-order valence-electron chi connectivity index (χ1n) is 7.21. The normalized spacial score (nSPS) is 10.0. The molecule has 4 N–H and O–H groups in total. The third-order valence-electron chi connectivity index (χ3n) is 2.73. The van der Waals surface area contributed by atoms with Gasteiger partial charge < -0.3 is 20.9 Å². The monoisotopic (exact) mass is 341 g/mol. The Morgan fingerprint density at radius 1 is 1.36 bits per heavy atom. The summed E-state index contributed by atoms with van der Waals surface area (Å²) in [6, 6.07) is 14.6. The average Bonchev–Trinajstić information content (AvgIpc) is 2.60. The molecule has 0 amide bonds. The number of benzene rings is 1. The minimum absolute atomic E-state index is 0.225. The van der Waals surface area contributed by atoms with Crippen LogP contribution in [0.1, 0.15) is 18.2 Å². The third-order valence-corrected chi connectivity index (χ3v) is 2.73. The Morgan fingerprint density at radius 3 is 2.68 bits per heavy atom. The number of aromatic nitrogens is 1. The Labute approximate surface area is 145 Å². The van der Waals surface area contributed by atoms with Crippen LogP contribution in [0.15, 0.2) is 47.5 Å². The number of aliphatic carboxylic acids is 1. The van der Waals surface area contributed by atoms with E-state index < -0.39 is 5.97 Å². The van der Waals surface area contributed by atoms with Crippen LogP contribution in [-0.4, -0.2) is 29.1 Å². The van der Waals surface area contributed by atoms with Crippen LogP contribution < -0.4 is 15.8 Å². The van der Waals surface area contributed by atoms with Crippen molar-refractivity contribution in [2.24, 2.45) is 10.7 Å². The molecule has 0 aliphatic heterocycles. The minimum atomic E-state index is -0.833. The number of anilines is 1. The number of carbonyl (C=O) groups is 1. The van der Waals surface area contributed by atoms with E-state index in [-0.39, 0.29) is 5.96 Å². The van der Waals surface area contributed by atoms with Gasteiger partial charge in [0.25, 0.3) is 5.97 Å². The van der Waals surface area contributed by atoms with Crippen molar-refractivity contribution < 1.29 is 14.6 Å². The fourth-order valence-corrected chi connectivity index (χ4v) is 1.74. The molecule has 8 heteroatoms. The molecule has 2 aromatic rings. The van der Waals surface area contributed by atoms with Gasteiger partial charge in [-0.25, -0.2) is 9.98 Å². The highest BCUT2D eigenvalue weighted by molar-refractivity contribution is 5.91. The molecule has 8 nitrogen and oxygen atoms in total. The van der Waals surface area contributed by atoms with Crippen molar-refractivity contribution in [3.8, 4) is 11.8 Å². The number of carboxylic acids is 1. The fourth-order valence-electron chi connectivity index (χ4n) is 1.74. The molecule has 1 heterocycles. The van der Waals surface area contributed by atoms with E-state index in [1.165, 1.54) is 0 Å². The lowest BCUT2D eigenvalue weighted by molar-refractivity contribution is -0.134. The Kier molecular flexibility index (Phi) is 7.95. The van der Waals surface area contributed by atoms with Crippen LogP contribution in [0, 0.1) is 11.3 Å². The lowest BCUT2D eigenvalue weighted by Gasteiger charge is -2.07. The highest BCUT2D eigenvalue weighted by Gasteiger charge is 2.02. The number of hydrogen-bond acceptors (Lipinski definition) is 5. The van der Waals surface area contributed by atoms with Gasteiger partial charge in [0.05, 0.1) is 13.7 Å². The Bertz CT molecular complexity index is 780. The first-order valence-corrected chi connectivity index (χ1v) is 7.21. The van der Waals surface area contributed by atoms with Crippen LogP contribution in [0.2, 0.25) is 0 Å². The number of ether oxygens (including phenoxy) is 1. The van der Waals surface area contributed by atoms with Gasteiger partial charge in [0.15, 0.2) is 5.96 Å². The van der Waals surface area contributed by atoms with Gasteiger partial charge in [-0.3, -0.25) is 4.79 Å². The van der Waals surface area contributed by atoms with Crippen molar-refractivity contribution in [3.63, 3.8) is 0 Å². The number of nitriles is 1. The molecule has 130 valence electrons. The van der Waals surface area contributed by atoms with E-state index in [9.17, 15) is 0 Å². The van der Waals surface area contributed by atoms with Crippen LogP contribution in [0.3, 0.4) is 0 Å². The number of hydrogen-bond donors (Lipinski definition) is 3. The summed E-state index contributed by atoms with van der Waals surface area (Å²) in [7, 11) is 1.61. The maximum absolute atomic E-state index is 9.00. The Balaban J connectivity index is 0.000000705. The summed E-state index contributed by atoms with van der Waals surface area (Å²) in [5, 5.41) is 19.1. The van der Waals surface area contributed by atoms with Crippen molar-refractivity contribution in [1.29, 1.82) is 5.26 Å². The van der Waals surface area contributed by atoms with E-state index in [4.69, 9.17) is 25.6 Å². The minimum Gasteiger partial charge on any atom is -0.496 e. The molecule has 0 fully saturated rings. The van der Waals surface area contributed by atoms with Crippen LogP contribution in [-0.2, 0) is 11.3 Å². The number of nitrogens with two attached hydrogens (primary N) is 1. The number of nitrogens with one attached hydrogen (secondary N) is 1. The summed E-state index contributed by atoms with van der Waals surface area (Å²) in [6.07, 6.45) is 0. The average molecular weight is 341 g/mol. The van der Waals surface area contributed by atoms with E-state index in [0.717, 1.165) is 18.2 Å². The molecule has 0 saturated carbocycles. The van der Waals surface area contributed by atoms with Gasteiger partial charge in [0.2, 0.25) is 0 Å². The van der Waals surface area contributed by atoms with E-state index in [1.54, 1.807) is 25.3 Å². The second kappa shape index (κ2) is 10.2. The molecule has 0 aliphatic rings. The Morgan fingerprint density at radius 2 is 2.04 bits per heavy atom. The molecule has 0 bridgehead atoms. The summed E-state index contributed by atoms with van der Waals surface area (Å²) >= 11 is 0. The molecule has 1 aromatic heterocycles. The van der Waals surface area contributed by atoms with Crippen molar-refractivity contribution >= 4 is 17.7 Å². The van der Waals surface area contributed by atoms with Crippen LogP contribution in [0.25, 0.3) is 0 Å². The first kappa shape index (κ1) is 19.4. The predicted octanol–water partition coefficient (Wildman–Crippen LogP) is 1.98. The molecular formula is C17H19N5O3. The Hall–Kier alpha value is -3.60. The van der Waals surface area contributed by atoms with E-state index in [0.29, 0.717) is 18.1 Å². The number of carboxylic acid groups (broad SMARTS) is 1.